The van der Waals surface area contributed by atoms with E-state index in [9.17, 15) is 14.0 Å². The van der Waals surface area contributed by atoms with Gasteiger partial charge in [0.25, 0.3) is 5.91 Å². The van der Waals surface area contributed by atoms with Crippen molar-refractivity contribution in [3.63, 3.8) is 0 Å². The zero-order chi connectivity index (χ0) is 17.5. The molecule has 2 aromatic rings. The van der Waals surface area contributed by atoms with Crippen LogP contribution >= 0.6 is 0 Å². The maximum absolute atomic E-state index is 13.4. The van der Waals surface area contributed by atoms with E-state index in [1.54, 1.807) is 36.4 Å². The summed E-state index contributed by atoms with van der Waals surface area (Å²) >= 11 is 0. The first-order chi connectivity index (χ1) is 11.5. The van der Waals surface area contributed by atoms with Gasteiger partial charge in [-0.25, -0.2) is 9.18 Å². The molecule has 0 aromatic heterocycles. The molecule has 0 spiro atoms. The van der Waals surface area contributed by atoms with Crippen molar-refractivity contribution in [2.24, 2.45) is 0 Å². The standard InChI is InChI=1S/C18H19FN2O3/c1-21(2)15-8-5-7-13(10-15)18(23)24-12-17(22)20-11-14-6-3-4-9-16(14)19/h3-10H,11-12H2,1-2H3,(H,20,22). The van der Waals surface area contributed by atoms with E-state index in [1.807, 2.05) is 25.1 Å². The van der Waals surface area contributed by atoms with E-state index in [4.69, 9.17) is 4.74 Å². The van der Waals surface area contributed by atoms with Crippen LogP contribution in [-0.4, -0.2) is 32.6 Å². The Morgan fingerprint density at radius 1 is 1.12 bits per heavy atom. The topological polar surface area (TPSA) is 58.6 Å². The van der Waals surface area contributed by atoms with Crippen LogP contribution in [0.1, 0.15) is 15.9 Å². The molecule has 2 rings (SSSR count). The van der Waals surface area contributed by atoms with Crippen LogP contribution in [0.2, 0.25) is 0 Å². The monoisotopic (exact) mass is 330 g/mol. The molecule has 0 unspecified atom stereocenters. The average Bonchev–Trinajstić information content (AvgIpc) is 2.59. The van der Waals surface area contributed by atoms with Gasteiger partial charge in [0, 0.05) is 31.9 Å². The molecule has 0 fully saturated rings. The zero-order valence-corrected chi connectivity index (χ0v) is 13.6. The van der Waals surface area contributed by atoms with Crippen molar-refractivity contribution in [1.82, 2.24) is 5.32 Å². The number of carbonyl (C=O) groups is 2. The fourth-order valence-corrected chi connectivity index (χ4v) is 2.01. The van der Waals surface area contributed by atoms with Gasteiger partial charge in [0.1, 0.15) is 5.82 Å². The molecule has 0 radical (unpaired) electrons. The van der Waals surface area contributed by atoms with Crippen molar-refractivity contribution in [2.45, 2.75) is 6.54 Å². The van der Waals surface area contributed by atoms with Gasteiger partial charge in [-0.3, -0.25) is 4.79 Å². The number of nitrogens with zero attached hydrogens (tertiary/aromatic N) is 1. The molecular weight excluding hydrogens is 311 g/mol. The van der Waals surface area contributed by atoms with Crippen LogP contribution in [0.15, 0.2) is 48.5 Å². The van der Waals surface area contributed by atoms with Crippen LogP contribution in [0.3, 0.4) is 0 Å². The highest BCUT2D eigenvalue weighted by Gasteiger charge is 2.11. The van der Waals surface area contributed by atoms with Crippen molar-refractivity contribution in [3.05, 3.63) is 65.5 Å². The van der Waals surface area contributed by atoms with E-state index < -0.39 is 24.3 Å². The van der Waals surface area contributed by atoms with E-state index in [1.165, 1.54) is 6.07 Å². The molecule has 0 atom stereocenters. The number of esters is 1. The van der Waals surface area contributed by atoms with Gasteiger partial charge in [0.2, 0.25) is 0 Å². The number of carbonyl (C=O) groups excluding carboxylic acids is 2. The van der Waals surface area contributed by atoms with Gasteiger partial charge in [0.05, 0.1) is 5.56 Å². The Morgan fingerprint density at radius 3 is 2.58 bits per heavy atom. The SMILES string of the molecule is CN(C)c1cccc(C(=O)OCC(=O)NCc2ccccc2F)c1. The molecule has 2 aromatic carbocycles. The lowest BCUT2D eigenvalue weighted by Crippen LogP contribution is -2.28. The summed E-state index contributed by atoms with van der Waals surface area (Å²) in [6.07, 6.45) is 0. The van der Waals surface area contributed by atoms with Crippen LogP contribution in [0, 0.1) is 5.82 Å². The van der Waals surface area contributed by atoms with Crippen molar-refractivity contribution in [1.29, 1.82) is 0 Å². The number of halogens is 1. The van der Waals surface area contributed by atoms with E-state index >= 15 is 0 Å². The molecular formula is C18H19FN2O3. The van der Waals surface area contributed by atoms with Gasteiger partial charge >= 0.3 is 5.97 Å². The average molecular weight is 330 g/mol. The van der Waals surface area contributed by atoms with Crippen LogP contribution < -0.4 is 10.2 Å². The number of anilines is 1. The number of amides is 1. The van der Waals surface area contributed by atoms with Gasteiger partial charge in [-0.1, -0.05) is 24.3 Å². The second-order valence-corrected chi connectivity index (χ2v) is 5.39. The number of rotatable bonds is 6. The minimum Gasteiger partial charge on any atom is -0.452 e. The summed E-state index contributed by atoms with van der Waals surface area (Å²) in [6.45, 7) is -0.376. The molecule has 0 aliphatic carbocycles. The Labute approximate surface area is 140 Å². The molecule has 1 amide bonds. The lowest BCUT2D eigenvalue weighted by atomic mass is 10.2. The van der Waals surface area contributed by atoms with Gasteiger partial charge in [-0.15, -0.1) is 0 Å². The van der Waals surface area contributed by atoms with Crippen LogP contribution in [0.4, 0.5) is 10.1 Å². The number of hydrogen-bond acceptors (Lipinski definition) is 4. The van der Waals surface area contributed by atoms with E-state index in [-0.39, 0.29) is 6.54 Å². The fraction of sp³-hybridized carbons (Fsp3) is 0.222. The summed E-state index contributed by atoms with van der Waals surface area (Å²) in [5, 5.41) is 2.51. The number of nitrogens with one attached hydrogen (secondary N) is 1. The first-order valence-corrected chi connectivity index (χ1v) is 7.42. The largest absolute Gasteiger partial charge is 0.452 e. The maximum atomic E-state index is 13.4. The molecule has 0 bridgehead atoms. The minimum atomic E-state index is -0.584. The lowest BCUT2D eigenvalue weighted by Gasteiger charge is -2.13. The molecule has 6 heteroatoms. The van der Waals surface area contributed by atoms with Gasteiger partial charge in [-0.05, 0) is 24.3 Å². The predicted molar refractivity (Wildman–Crippen MR) is 89.3 cm³/mol. The van der Waals surface area contributed by atoms with Crippen molar-refractivity contribution in [2.75, 3.05) is 25.6 Å². The number of ether oxygens (including phenoxy) is 1. The third-order valence-corrected chi connectivity index (χ3v) is 3.37. The zero-order valence-electron chi connectivity index (χ0n) is 13.6. The molecule has 126 valence electrons. The summed E-state index contributed by atoms with van der Waals surface area (Å²) in [5.74, 6) is -1.47. The van der Waals surface area contributed by atoms with Crippen molar-refractivity contribution < 1.29 is 18.7 Å². The Hall–Kier alpha value is -2.89. The minimum absolute atomic E-state index is 0.0408. The van der Waals surface area contributed by atoms with Crippen LogP contribution in [-0.2, 0) is 16.1 Å². The van der Waals surface area contributed by atoms with E-state index in [0.717, 1.165) is 5.69 Å². The Bertz CT molecular complexity index is 732. The van der Waals surface area contributed by atoms with E-state index in [2.05, 4.69) is 5.32 Å². The molecule has 0 aliphatic heterocycles. The third kappa shape index (κ3) is 4.81. The summed E-state index contributed by atoms with van der Waals surface area (Å²) in [4.78, 5) is 25.6. The quantitative estimate of drug-likeness (QED) is 0.826. The number of hydrogen-bond donors (Lipinski definition) is 1. The van der Waals surface area contributed by atoms with Crippen molar-refractivity contribution in [3.8, 4) is 0 Å². The summed E-state index contributed by atoms with van der Waals surface area (Å²) < 4.78 is 18.4. The maximum Gasteiger partial charge on any atom is 0.338 e. The molecule has 0 heterocycles. The molecule has 0 saturated carbocycles. The van der Waals surface area contributed by atoms with Crippen LogP contribution in [0.25, 0.3) is 0 Å². The summed E-state index contributed by atoms with van der Waals surface area (Å²) in [6, 6.07) is 13.1. The van der Waals surface area contributed by atoms with E-state index in [0.29, 0.717) is 11.1 Å². The van der Waals surface area contributed by atoms with Gasteiger partial charge in [-0.2, -0.15) is 0 Å². The summed E-state index contributed by atoms with van der Waals surface area (Å²) in [7, 11) is 3.72. The smallest absolute Gasteiger partial charge is 0.338 e. The normalized spacial score (nSPS) is 10.1. The molecule has 5 nitrogen and oxygen atoms in total. The van der Waals surface area contributed by atoms with Crippen molar-refractivity contribution >= 4 is 17.6 Å². The molecule has 1 N–H and O–H groups in total. The highest BCUT2D eigenvalue weighted by Crippen LogP contribution is 2.14. The fourth-order valence-electron chi connectivity index (χ4n) is 2.01. The Balaban J connectivity index is 1.84. The molecule has 24 heavy (non-hydrogen) atoms. The van der Waals surface area contributed by atoms with Crippen LogP contribution in [0.5, 0.6) is 0 Å². The molecule has 0 aliphatic rings. The summed E-state index contributed by atoms with van der Waals surface area (Å²) in [5.41, 5.74) is 1.59. The lowest BCUT2D eigenvalue weighted by molar-refractivity contribution is -0.124. The third-order valence-electron chi connectivity index (χ3n) is 3.37. The highest BCUT2D eigenvalue weighted by atomic mass is 19.1. The first-order valence-electron chi connectivity index (χ1n) is 7.42. The van der Waals surface area contributed by atoms with Gasteiger partial charge < -0.3 is 15.0 Å². The van der Waals surface area contributed by atoms with Gasteiger partial charge in [0.15, 0.2) is 6.61 Å². The highest BCUT2D eigenvalue weighted by molar-refractivity contribution is 5.92. The Kier molecular flexibility index (Phi) is 5.89. The number of benzene rings is 2. The Morgan fingerprint density at radius 2 is 1.88 bits per heavy atom. The second kappa shape index (κ2) is 8.10. The first kappa shape index (κ1) is 17.5. The molecule has 0 saturated heterocycles. The predicted octanol–water partition coefficient (Wildman–Crippen LogP) is 2.36. The second-order valence-electron chi connectivity index (χ2n) is 5.39.